The van der Waals surface area contributed by atoms with Gasteiger partial charge in [-0.25, -0.2) is 0 Å². The van der Waals surface area contributed by atoms with E-state index in [2.05, 4.69) is 23.6 Å². The maximum absolute atomic E-state index is 11.9. The number of amides is 1. The number of hydrogen-bond donors (Lipinski definition) is 1. The maximum atomic E-state index is 11.9. The molecule has 0 saturated carbocycles. The highest BCUT2D eigenvalue weighted by atomic mass is 16.3. The number of carbonyl (C=O) groups is 1. The predicted octanol–water partition coefficient (Wildman–Crippen LogP) is 0.243. The highest BCUT2D eigenvalue weighted by Gasteiger charge is 2.29. The summed E-state index contributed by atoms with van der Waals surface area (Å²) >= 11 is 0. The van der Waals surface area contributed by atoms with Crippen LogP contribution in [0.5, 0.6) is 0 Å². The lowest BCUT2D eigenvalue weighted by atomic mass is 9.95. The average molecular weight is 283 g/mol. The van der Waals surface area contributed by atoms with Crippen molar-refractivity contribution in [1.29, 1.82) is 0 Å². The van der Waals surface area contributed by atoms with Gasteiger partial charge in [-0.3, -0.25) is 9.69 Å². The number of piperazine rings is 1. The van der Waals surface area contributed by atoms with Crippen LogP contribution in [-0.4, -0.2) is 84.2 Å². The minimum absolute atomic E-state index is 0.258. The Morgan fingerprint density at radius 1 is 1.20 bits per heavy atom. The van der Waals surface area contributed by atoms with E-state index in [1.54, 1.807) is 0 Å². The molecule has 1 unspecified atom stereocenters. The molecule has 0 spiro atoms. The van der Waals surface area contributed by atoms with Gasteiger partial charge >= 0.3 is 0 Å². The average Bonchev–Trinajstić information content (AvgIpc) is 2.43. The van der Waals surface area contributed by atoms with Crippen LogP contribution in [0.15, 0.2) is 0 Å². The van der Waals surface area contributed by atoms with Crippen molar-refractivity contribution in [1.82, 2.24) is 14.7 Å². The first-order valence-electron chi connectivity index (χ1n) is 7.95. The normalized spacial score (nSPS) is 26.5. The van der Waals surface area contributed by atoms with E-state index in [1.165, 1.54) is 0 Å². The van der Waals surface area contributed by atoms with Crippen LogP contribution in [0.25, 0.3) is 0 Å². The number of piperidine rings is 1. The number of likely N-dealkylation sites (tertiary alicyclic amines) is 1. The van der Waals surface area contributed by atoms with Crippen LogP contribution in [0.3, 0.4) is 0 Å². The molecule has 1 N–H and O–H groups in total. The molecule has 2 heterocycles. The van der Waals surface area contributed by atoms with E-state index in [9.17, 15) is 4.79 Å². The van der Waals surface area contributed by atoms with Gasteiger partial charge in [-0.15, -0.1) is 0 Å². The van der Waals surface area contributed by atoms with Crippen molar-refractivity contribution in [2.75, 3.05) is 52.4 Å². The summed E-state index contributed by atoms with van der Waals surface area (Å²) in [7, 11) is 0. The number of hydrogen-bond acceptors (Lipinski definition) is 4. The Bertz CT molecular complexity index is 314. The van der Waals surface area contributed by atoms with Crippen molar-refractivity contribution in [3.05, 3.63) is 0 Å². The van der Waals surface area contributed by atoms with E-state index < -0.39 is 0 Å². The molecule has 0 radical (unpaired) electrons. The summed E-state index contributed by atoms with van der Waals surface area (Å²) in [5, 5.41) is 8.96. The lowest BCUT2D eigenvalue weighted by molar-refractivity contribution is -0.137. The van der Waals surface area contributed by atoms with Crippen molar-refractivity contribution in [3.63, 3.8) is 0 Å². The fourth-order valence-electron chi connectivity index (χ4n) is 3.29. The zero-order chi connectivity index (χ0) is 14.5. The molecule has 2 fully saturated rings. The summed E-state index contributed by atoms with van der Waals surface area (Å²) in [6.45, 7) is 11.6. The predicted molar refractivity (Wildman–Crippen MR) is 79.5 cm³/mol. The number of rotatable bonds is 5. The van der Waals surface area contributed by atoms with Gasteiger partial charge in [0, 0.05) is 58.3 Å². The topological polar surface area (TPSA) is 47.0 Å². The Kier molecular flexibility index (Phi) is 5.81. The molecule has 2 aliphatic rings. The lowest BCUT2D eigenvalue weighted by Gasteiger charge is -2.40. The van der Waals surface area contributed by atoms with Gasteiger partial charge in [0.05, 0.1) is 6.61 Å². The molecule has 0 aliphatic carbocycles. The molecule has 2 aliphatic heterocycles. The molecular weight excluding hydrogens is 254 g/mol. The first-order chi connectivity index (χ1) is 9.60. The van der Waals surface area contributed by atoms with Crippen molar-refractivity contribution >= 4 is 5.91 Å². The molecule has 0 bridgehead atoms. The van der Waals surface area contributed by atoms with E-state index in [0.29, 0.717) is 24.3 Å². The van der Waals surface area contributed by atoms with Crippen LogP contribution < -0.4 is 0 Å². The third-order valence-electron chi connectivity index (χ3n) is 4.56. The molecule has 20 heavy (non-hydrogen) atoms. The van der Waals surface area contributed by atoms with E-state index in [1.807, 2.05) is 4.90 Å². The van der Waals surface area contributed by atoms with Gasteiger partial charge in [0.1, 0.15) is 0 Å². The van der Waals surface area contributed by atoms with Crippen LogP contribution in [0.4, 0.5) is 0 Å². The Balaban J connectivity index is 1.75. The molecule has 5 nitrogen and oxygen atoms in total. The summed E-state index contributed by atoms with van der Waals surface area (Å²) in [6, 6.07) is 0.326. The first-order valence-corrected chi connectivity index (χ1v) is 7.95. The summed E-state index contributed by atoms with van der Waals surface area (Å²) in [5.41, 5.74) is 0. The Hall–Kier alpha value is -0.650. The van der Waals surface area contributed by atoms with Crippen molar-refractivity contribution in [2.45, 2.75) is 32.7 Å². The largest absolute Gasteiger partial charge is 0.395 e. The zero-order valence-electron chi connectivity index (χ0n) is 12.9. The summed E-state index contributed by atoms with van der Waals surface area (Å²) < 4.78 is 0. The molecule has 2 rings (SSSR count). The smallest absolute Gasteiger partial charge is 0.222 e. The number of β-amino-alcohol motifs (C(OH)–C–C–N with tert-alkyl or cyclic N) is 1. The monoisotopic (exact) mass is 283 g/mol. The number of aliphatic hydroxyl groups is 1. The standard InChI is InChI=1S/C15H29N3O2/c1-13(2)18-12-14(3-4-15(18)20)11-17-7-5-16(6-8-17)9-10-19/h13-14,19H,3-12H2,1-2H3. The molecule has 1 atom stereocenters. The zero-order valence-corrected chi connectivity index (χ0v) is 12.9. The lowest BCUT2D eigenvalue weighted by Crippen LogP contribution is -2.51. The quantitative estimate of drug-likeness (QED) is 0.785. The third-order valence-corrected chi connectivity index (χ3v) is 4.56. The van der Waals surface area contributed by atoms with Crippen LogP contribution in [-0.2, 0) is 4.79 Å². The second kappa shape index (κ2) is 7.38. The second-order valence-corrected chi connectivity index (χ2v) is 6.41. The molecule has 0 aromatic heterocycles. The molecular formula is C15H29N3O2. The van der Waals surface area contributed by atoms with Crippen molar-refractivity contribution in [3.8, 4) is 0 Å². The number of carbonyl (C=O) groups excluding carboxylic acids is 1. The van der Waals surface area contributed by atoms with Gasteiger partial charge in [-0.1, -0.05) is 0 Å². The molecule has 116 valence electrons. The molecule has 5 heteroatoms. The van der Waals surface area contributed by atoms with Crippen LogP contribution in [0.2, 0.25) is 0 Å². The summed E-state index contributed by atoms with van der Waals surface area (Å²) in [6.07, 6.45) is 1.76. The Morgan fingerprint density at radius 2 is 1.85 bits per heavy atom. The summed E-state index contributed by atoms with van der Waals surface area (Å²) in [5.74, 6) is 0.948. The van der Waals surface area contributed by atoms with Crippen LogP contribution in [0.1, 0.15) is 26.7 Å². The highest BCUT2D eigenvalue weighted by Crippen LogP contribution is 2.21. The molecule has 1 amide bonds. The van der Waals surface area contributed by atoms with Gasteiger partial charge in [-0.05, 0) is 26.2 Å². The Morgan fingerprint density at radius 3 is 2.45 bits per heavy atom. The van der Waals surface area contributed by atoms with Crippen LogP contribution in [0, 0.1) is 5.92 Å². The molecule has 0 aromatic carbocycles. The van der Waals surface area contributed by atoms with Gasteiger partial charge in [-0.2, -0.15) is 0 Å². The summed E-state index contributed by atoms with van der Waals surface area (Å²) in [4.78, 5) is 18.7. The molecule has 0 aromatic rings. The Labute approximate surface area is 122 Å². The fourth-order valence-corrected chi connectivity index (χ4v) is 3.29. The third kappa shape index (κ3) is 4.17. The minimum Gasteiger partial charge on any atom is -0.395 e. The van der Waals surface area contributed by atoms with E-state index in [0.717, 1.165) is 52.2 Å². The fraction of sp³-hybridized carbons (Fsp3) is 0.933. The SMILES string of the molecule is CC(C)N1CC(CN2CCN(CCO)CC2)CCC1=O. The number of aliphatic hydroxyl groups excluding tert-OH is 1. The van der Waals surface area contributed by atoms with Crippen LogP contribution >= 0.6 is 0 Å². The van der Waals surface area contributed by atoms with Gasteiger partial charge in [0.15, 0.2) is 0 Å². The van der Waals surface area contributed by atoms with Crippen molar-refractivity contribution < 1.29 is 9.90 Å². The molecule has 2 saturated heterocycles. The highest BCUT2D eigenvalue weighted by molar-refractivity contribution is 5.77. The minimum atomic E-state index is 0.258. The van der Waals surface area contributed by atoms with E-state index >= 15 is 0 Å². The van der Waals surface area contributed by atoms with Gasteiger partial charge in [0.25, 0.3) is 0 Å². The van der Waals surface area contributed by atoms with Gasteiger partial charge in [0.2, 0.25) is 5.91 Å². The number of nitrogens with zero attached hydrogens (tertiary/aromatic N) is 3. The van der Waals surface area contributed by atoms with E-state index in [4.69, 9.17) is 5.11 Å². The maximum Gasteiger partial charge on any atom is 0.222 e. The van der Waals surface area contributed by atoms with E-state index in [-0.39, 0.29) is 6.61 Å². The van der Waals surface area contributed by atoms with Gasteiger partial charge < -0.3 is 14.9 Å². The van der Waals surface area contributed by atoms with Crippen molar-refractivity contribution in [2.24, 2.45) is 5.92 Å². The first kappa shape index (κ1) is 15.7. The second-order valence-electron chi connectivity index (χ2n) is 6.41.